The van der Waals surface area contributed by atoms with E-state index in [1.807, 2.05) is 42.5 Å². The van der Waals surface area contributed by atoms with Crippen LogP contribution in [0, 0.1) is 0 Å². The monoisotopic (exact) mass is 311 g/mol. The number of benzene rings is 2. The zero-order valence-electron chi connectivity index (χ0n) is 12.9. The van der Waals surface area contributed by atoms with Crippen LogP contribution in [-0.4, -0.2) is 23.2 Å². The van der Waals surface area contributed by atoms with Crippen molar-refractivity contribution in [2.75, 3.05) is 0 Å². The molecule has 1 fully saturated rings. The standard InChI is InChI=1S/C19H21NO3/c21-15-12-10-14(11-13-15)20-19(22)17-8-4-5-9-18(17)23-16-6-2-1-3-7-16/h1-9,14-15,21H,10-13H2,(H,20,22). The van der Waals surface area contributed by atoms with Crippen molar-refractivity contribution in [2.45, 2.75) is 37.8 Å². The molecule has 2 N–H and O–H groups in total. The van der Waals surface area contributed by atoms with Crippen LogP contribution < -0.4 is 10.1 Å². The maximum atomic E-state index is 12.6. The van der Waals surface area contributed by atoms with Crippen LogP contribution in [0.4, 0.5) is 0 Å². The summed E-state index contributed by atoms with van der Waals surface area (Å²) in [6, 6.07) is 16.8. The van der Waals surface area contributed by atoms with Crippen molar-refractivity contribution >= 4 is 5.91 Å². The molecular weight excluding hydrogens is 290 g/mol. The third kappa shape index (κ3) is 4.11. The Kier molecular flexibility index (Phi) is 4.93. The minimum Gasteiger partial charge on any atom is -0.457 e. The fraction of sp³-hybridized carbons (Fsp3) is 0.316. The highest BCUT2D eigenvalue weighted by Crippen LogP contribution is 2.26. The molecule has 1 aliphatic carbocycles. The molecule has 4 nitrogen and oxygen atoms in total. The molecule has 0 spiro atoms. The molecular formula is C19H21NO3. The van der Waals surface area contributed by atoms with Gasteiger partial charge in [0.2, 0.25) is 0 Å². The molecule has 0 heterocycles. The van der Waals surface area contributed by atoms with E-state index < -0.39 is 0 Å². The van der Waals surface area contributed by atoms with Crippen molar-refractivity contribution in [2.24, 2.45) is 0 Å². The van der Waals surface area contributed by atoms with Crippen LogP contribution in [0.15, 0.2) is 54.6 Å². The Hall–Kier alpha value is -2.33. The molecule has 23 heavy (non-hydrogen) atoms. The van der Waals surface area contributed by atoms with Crippen molar-refractivity contribution in [3.63, 3.8) is 0 Å². The Morgan fingerprint density at radius 2 is 1.61 bits per heavy atom. The van der Waals surface area contributed by atoms with E-state index in [1.165, 1.54) is 0 Å². The van der Waals surface area contributed by atoms with Crippen LogP contribution >= 0.6 is 0 Å². The quantitative estimate of drug-likeness (QED) is 0.908. The summed E-state index contributed by atoms with van der Waals surface area (Å²) in [5, 5.41) is 12.6. The van der Waals surface area contributed by atoms with Gasteiger partial charge in [0, 0.05) is 6.04 Å². The lowest BCUT2D eigenvalue weighted by Crippen LogP contribution is -2.38. The highest BCUT2D eigenvalue weighted by Gasteiger charge is 2.22. The molecule has 0 aliphatic heterocycles. The molecule has 1 aliphatic rings. The lowest BCUT2D eigenvalue weighted by Gasteiger charge is -2.26. The van der Waals surface area contributed by atoms with Crippen molar-refractivity contribution in [3.05, 3.63) is 60.2 Å². The van der Waals surface area contributed by atoms with Gasteiger partial charge in [-0.1, -0.05) is 30.3 Å². The van der Waals surface area contributed by atoms with Gasteiger partial charge in [-0.2, -0.15) is 0 Å². The predicted molar refractivity (Wildman–Crippen MR) is 88.7 cm³/mol. The van der Waals surface area contributed by atoms with Crippen LogP contribution in [0.1, 0.15) is 36.0 Å². The van der Waals surface area contributed by atoms with E-state index in [9.17, 15) is 9.90 Å². The molecule has 120 valence electrons. The first-order valence-corrected chi connectivity index (χ1v) is 8.03. The second-order valence-electron chi connectivity index (χ2n) is 5.89. The number of ether oxygens (including phenoxy) is 1. The number of aliphatic hydroxyl groups excluding tert-OH is 1. The largest absolute Gasteiger partial charge is 0.457 e. The summed E-state index contributed by atoms with van der Waals surface area (Å²) >= 11 is 0. The summed E-state index contributed by atoms with van der Waals surface area (Å²) < 4.78 is 5.84. The lowest BCUT2D eigenvalue weighted by molar-refractivity contribution is 0.0865. The highest BCUT2D eigenvalue weighted by molar-refractivity contribution is 5.97. The topological polar surface area (TPSA) is 58.6 Å². The van der Waals surface area contributed by atoms with Crippen LogP contribution in [0.5, 0.6) is 11.5 Å². The first kappa shape index (κ1) is 15.6. The zero-order valence-corrected chi connectivity index (χ0v) is 12.9. The van der Waals surface area contributed by atoms with E-state index >= 15 is 0 Å². The van der Waals surface area contributed by atoms with E-state index in [0.29, 0.717) is 17.1 Å². The van der Waals surface area contributed by atoms with Gasteiger partial charge < -0.3 is 15.2 Å². The minimum absolute atomic E-state index is 0.121. The molecule has 1 saturated carbocycles. The van der Waals surface area contributed by atoms with Crippen molar-refractivity contribution in [1.29, 1.82) is 0 Å². The van der Waals surface area contributed by atoms with Gasteiger partial charge in [0.25, 0.3) is 5.91 Å². The summed E-state index contributed by atoms with van der Waals surface area (Å²) in [4.78, 5) is 12.6. The lowest BCUT2D eigenvalue weighted by atomic mass is 9.93. The van der Waals surface area contributed by atoms with E-state index in [0.717, 1.165) is 25.7 Å². The van der Waals surface area contributed by atoms with E-state index in [1.54, 1.807) is 12.1 Å². The fourth-order valence-electron chi connectivity index (χ4n) is 2.84. The van der Waals surface area contributed by atoms with Gasteiger partial charge in [-0.3, -0.25) is 4.79 Å². The number of para-hydroxylation sites is 2. The Morgan fingerprint density at radius 1 is 0.957 bits per heavy atom. The molecule has 0 bridgehead atoms. The van der Waals surface area contributed by atoms with E-state index in [4.69, 9.17) is 4.74 Å². The molecule has 0 aromatic heterocycles. The predicted octanol–water partition coefficient (Wildman–Crippen LogP) is 3.51. The van der Waals surface area contributed by atoms with Crippen LogP contribution in [-0.2, 0) is 0 Å². The third-order valence-corrected chi connectivity index (χ3v) is 4.13. The molecule has 3 rings (SSSR count). The molecule has 0 unspecified atom stereocenters. The number of carbonyl (C=O) groups is 1. The SMILES string of the molecule is O=C(NC1CCC(O)CC1)c1ccccc1Oc1ccccc1. The van der Waals surface area contributed by atoms with Crippen LogP contribution in [0.25, 0.3) is 0 Å². The van der Waals surface area contributed by atoms with E-state index in [-0.39, 0.29) is 18.1 Å². The van der Waals surface area contributed by atoms with Crippen LogP contribution in [0.2, 0.25) is 0 Å². The molecule has 2 aromatic rings. The number of nitrogens with one attached hydrogen (secondary N) is 1. The normalized spacial score (nSPS) is 20.7. The summed E-state index contributed by atoms with van der Waals surface area (Å²) in [6.07, 6.45) is 2.89. The second kappa shape index (κ2) is 7.29. The molecule has 0 atom stereocenters. The smallest absolute Gasteiger partial charge is 0.255 e. The maximum Gasteiger partial charge on any atom is 0.255 e. The van der Waals surface area contributed by atoms with Gasteiger partial charge in [0.15, 0.2) is 0 Å². The average Bonchev–Trinajstić information content (AvgIpc) is 2.58. The summed E-state index contributed by atoms with van der Waals surface area (Å²) in [7, 11) is 0. The highest BCUT2D eigenvalue weighted by atomic mass is 16.5. The van der Waals surface area contributed by atoms with E-state index in [2.05, 4.69) is 5.32 Å². The number of hydrogen-bond acceptors (Lipinski definition) is 3. The Bertz CT molecular complexity index is 649. The molecule has 0 radical (unpaired) electrons. The van der Waals surface area contributed by atoms with Gasteiger partial charge in [-0.05, 0) is 49.9 Å². The van der Waals surface area contributed by atoms with Gasteiger partial charge in [-0.15, -0.1) is 0 Å². The van der Waals surface area contributed by atoms with Gasteiger partial charge in [0.1, 0.15) is 11.5 Å². The van der Waals surface area contributed by atoms with Gasteiger partial charge in [-0.25, -0.2) is 0 Å². The number of rotatable bonds is 4. The summed E-state index contributed by atoms with van der Waals surface area (Å²) in [6.45, 7) is 0. The first-order chi connectivity index (χ1) is 11.2. The number of aliphatic hydroxyl groups is 1. The number of hydrogen-bond donors (Lipinski definition) is 2. The molecule has 0 saturated heterocycles. The molecule has 1 amide bonds. The summed E-state index contributed by atoms with van der Waals surface area (Å²) in [5.41, 5.74) is 0.530. The maximum absolute atomic E-state index is 12.6. The van der Waals surface area contributed by atoms with Crippen molar-refractivity contribution in [3.8, 4) is 11.5 Å². The Balaban J connectivity index is 1.70. The second-order valence-corrected chi connectivity index (χ2v) is 5.89. The number of carbonyl (C=O) groups excluding carboxylic acids is 1. The molecule has 4 heteroatoms. The summed E-state index contributed by atoms with van der Waals surface area (Å²) in [5.74, 6) is 1.12. The number of amides is 1. The van der Waals surface area contributed by atoms with Gasteiger partial charge >= 0.3 is 0 Å². The molecule has 2 aromatic carbocycles. The zero-order chi connectivity index (χ0) is 16.1. The Morgan fingerprint density at radius 3 is 2.35 bits per heavy atom. The van der Waals surface area contributed by atoms with Crippen molar-refractivity contribution < 1.29 is 14.6 Å². The van der Waals surface area contributed by atoms with Crippen LogP contribution in [0.3, 0.4) is 0 Å². The minimum atomic E-state index is -0.225. The fourth-order valence-corrected chi connectivity index (χ4v) is 2.84. The van der Waals surface area contributed by atoms with Gasteiger partial charge in [0.05, 0.1) is 11.7 Å². The van der Waals surface area contributed by atoms with Crippen molar-refractivity contribution in [1.82, 2.24) is 5.32 Å². The first-order valence-electron chi connectivity index (χ1n) is 8.03. The third-order valence-electron chi connectivity index (χ3n) is 4.13. The Labute approximate surface area is 136 Å². The average molecular weight is 311 g/mol.